The quantitative estimate of drug-likeness (QED) is 0.647. The summed E-state index contributed by atoms with van der Waals surface area (Å²) >= 11 is 3.34. The van der Waals surface area contributed by atoms with Crippen LogP contribution >= 0.6 is 15.9 Å². The van der Waals surface area contributed by atoms with Gasteiger partial charge in [0.25, 0.3) is 0 Å². The molecule has 0 aromatic heterocycles. The Morgan fingerprint density at radius 3 is 3.00 bits per heavy atom. The maximum Gasteiger partial charge on any atom is 0.220 e. The van der Waals surface area contributed by atoms with Crippen LogP contribution in [0.4, 0.5) is 0 Å². The molecule has 0 bridgehead atoms. The molecule has 0 saturated carbocycles. The van der Waals surface area contributed by atoms with Gasteiger partial charge in [-0.3, -0.25) is 4.79 Å². The van der Waals surface area contributed by atoms with Crippen LogP contribution in [-0.2, 0) is 4.79 Å². The van der Waals surface area contributed by atoms with Gasteiger partial charge in [0.05, 0.1) is 0 Å². The standard InChI is InChI=1S/C6H10BrNO/c7-2-1-5-3-6(9)8-4-5/h5H,1-4H2,(H,8,9). The van der Waals surface area contributed by atoms with Crippen molar-refractivity contribution in [1.82, 2.24) is 5.32 Å². The molecular formula is C6H10BrNO. The van der Waals surface area contributed by atoms with Crippen LogP contribution in [0.15, 0.2) is 0 Å². The predicted octanol–water partition coefficient (Wildman–Crippen LogP) is 0.907. The van der Waals surface area contributed by atoms with Gasteiger partial charge in [0.15, 0.2) is 0 Å². The van der Waals surface area contributed by atoms with Crippen molar-refractivity contribution in [3.63, 3.8) is 0 Å². The normalized spacial score (nSPS) is 26.3. The van der Waals surface area contributed by atoms with E-state index in [1.807, 2.05) is 0 Å². The molecule has 9 heavy (non-hydrogen) atoms. The number of rotatable bonds is 2. The summed E-state index contributed by atoms with van der Waals surface area (Å²) in [7, 11) is 0. The van der Waals surface area contributed by atoms with Crippen molar-refractivity contribution in [2.24, 2.45) is 5.92 Å². The van der Waals surface area contributed by atoms with E-state index in [-0.39, 0.29) is 5.91 Å². The zero-order valence-corrected chi connectivity index (χ0v) is 6.78. The molecule has 1 aliphatic rings. The number of hydrogen-bond donors (Lipinski definition) is 1. The maximum absolute atomic E-state index is 10.6. The summed E-state index contributed by atoms with van der Waals surface area (Å²) in [6.45, 7) is 0.879. The molecule has 1 heterocycles. The van der Waals surface area contributed by atoms with Gasteiger partial charge in [-0.25, -0.2) is 0 Å². The highest BCUT2D eigenvalue weighted by Gasteiger charge is 2.19. The van der Waals surface area contributed by atoms with Crippen LogP contribution < -0.4 is 5.32 Å². The lowest BCUT2D eigenvalue weighted by molar-refractivity contribution is -0.119. The number of amides is 1. The second-order valence-electron chi connectivity index (χ2n) is 2.35. The minimum atomic E-state index is 0.209. The van der Waals surface area contributed by atoms with E-state index in [9.17, 15) is 4.79 Å². The SMILES string of the molecule is O=C1CC(CCBr)CN1. The molecule has 52 valence electrons. The Hall–Kier alpha value is -0.0500. The van der Waals surface area contributed by atoms with Crippen LogP contribution in [0.1, 0.15) is 12.8 Å². The number of nitrogens with one attached hydrogen (secondary N) is 1. The minimum absolute atomic E-state index is 0.209. The summed E-state index contributed by atoms with van der Waals surface area (Å²) in [4.78, 5) is 10.6. The topological polar surface area (TPSA) is 29.1 Å². The maximum atomic E-state index is 10.6. The Morgan fingerprint density at radius 1 is 1.78 bits per heavy atom. The van der Waals surface area contributed by atoms with Gasteiger partial charge in [-0.1, -0.05) is 15.9 Å². The zero-order valence-electron chi connectivity index (χ0n) is 5.19. The van der Waals surface area contributed by atoms with Gasteiger partial charge in [-0.05, 0) is 12.3 Å². The first-order valence-electron chi connectivity index (χ1n) is 3.15. The lowest BCUT2D eigenvalue weighted by Crippen LogP contribution is -2.13. The highest BCUT2D eigenvalue weighted by Crippen LogP contribution is 2.13. The molecule has 1 N–H and O–H groups in total. The fourth-order valence-electron chi connectivity index (χ4n) is 1.02. The Balaban J connectivity index is 2.22. The fraction of sp³-hybridized carbons (Fsp3) is 0.833. The molecule has 1 saturated heterocycles. The molecule has 1 fully saturated rings. The summed E-state index contributed by atoms with van der Waals surface area (Å²) in [5.41, 5.74) is 0. The summed E-state index contributed by atoms with van der Waals surface area (Å²) in [5.74, 6) is 0.790. The lowest BCUT2D eigenvalue weighted by atomic mass is 10.1. The number of hydrogen-bond acceptors (Lipinski definition) is 1. The first kappa shape index (κ1) is 7.06. The van der Waals surface area contributed by atoms with E-state index in [0.717, 1.165) is 24.7 Å². The van der Waals surface area contributed by atoms with Gasteiger partial charge in [0.2, 0.25) is 5.91 Å². The highest BCUT2D eigenvalue weighted by atomic mass is 79.9. The van der Waals surface area contributed by atoms with E-state index in [2.05, 4.69) is 21.2 Å². The summed E-state index contributed by atoms with van der Waals surface area (Å²) in [6.07, 6.45) is 1.84. The summed E-state index contributed by atoms with van der Waals surface area (Å²) in [5, 5.41) is 3.80. The highest BCUT2D eigenvalue weighted by molar-refractivity contribution is 9.09. The molecular weight excluding hydrogens is 182 g/mol. The number of carbonyl (C=O) groups is 1. The van der Waals surface area contributed by atoms with Gasteiger partial charge in [-0.15, -0.1) is 0 Å². The van der Waals surface area contributed by atoms with E-state index in [1.54, 1.807) is 0 Å². The van der Waals surface area contributed by atoms with Crippen LogP contribution in [-0.4, -0.2) is 17.8 Å². The summed E-state index contributed by atoms with van der Waals surface area (Å²) < 4.78 is 0. The van der Waals surface area contributed by atoms with Crippen molar-refractivity contribution >= 4 is 21.8 Å². The molecule has 1 amide bonds. The monoisotopic (exact) mass is 191 g/mol. The van der Waals surface area contributed by atoms with Gasteiger partial charge in [0, 0.05) is 18.3 Å². The molecule has 3 heteroatoms. The Bertz CT molecular complexity index is 116. The smallest absolute Gasteiger partial charge is 0.220 e. The summed E-state index contributed by atoms with van der Waals surface area (Å²) in [6, 6.07) is 0. The van der Waals surface area contributed by atoms with Gasteiger partial charge in [-0.2, -0.15) is 0 Å². The van der Waals surface area contributed by atoms with Crippen molar-refractivity contribution in [3.8, 4) is 0 Å². The van der Waals surface area contributed by atoms with Gasteiger partial charge < -0.3 is 5.32 Å². The second-order valence-corrected chi connectivity index (χ2v) is 3.14. The molecule has 0 aliphatic carbocycles. The van der Waals surface area contributed by atoms with Crippen molar-refractivity contribution in [1.29, 1.82) is 0 Å². The average Bonchev–Trinajstić information content (AvgIpc) is 2.17. The second kappa shape index (κ2) is 3.20. The first-order chi connectivity index (χ1) is 4.33. The average molecular weight is 192 g/mol. The molecule has 0 spiro atoms. The third-order valence-electron chi connectivity index (χ3n) is 1.58. The molecule has 0 aromatic carbocycles. The minimum Gasteiger partial charge on any atom is -0.356 e. The van der Waals surface area contributed by atoms with E-state index in [4.69, 9.17) is 0 Å². The van der Waals surface area contributed by atoms with Gasteiger partial charge >= 0.3 is 0 Å². The van der Waals surface area contributed by atoms with Crippen molar-refractivity contribution < 1.29 is 4.79 Å². The van der Waals surface area contributed by atoms with Crippen molar-refractivity contribution in [2.75, 3.05) is 11.9 Å². The molecule has 1 atom stereocenters. The number of halogens is 1. The molecule has 1 unspecified atom stereocenters. The van der Waals surface area contributed by atoms with Crippen LogP contribution in [0.5, 0.6) is 0 Å². The van der Waals surface area contributed by atoms with Crippen LogP contribution in [0, 0.1) is 5.92 Å². The molecule has 2 nitrogen and oxygen atoms in total. The van der Waals surface area contributed by atoms with E-state index in [1.165, 1.54) is 0 Å². The van der Waals surface area contributed by atoms with Gasteiger partial charge in [0.1, 0.15) is 0 Å². The Morgan fingerprint density at radius 2 is 2.56 bits per heavy atom. The largest absolute Gasteiger partial charge is 0.356 e. The number of carbonyl (C=O) groups excluding carboxylic acids is 1. The third-order valence-corrected chi connectivity index (χ3v) is 2.04. The van der Waals surface area contributed by atoms with Crippen LogP contribution in [0.2, 0.25) is 0 Å². The van der Waals surface area contributed by atoms with Crippen molar-refractivity contribution in [3.05, 3.63) is 0 Å². The number of alkyl halides is 1. The first-order valence-corrected chi connectivity index (χ1v) is 4.27. The van der Waals surface area contributed by atoms with E-state index < -0.39 is 0 Å². The molecule has 1 rings (SSSR count). The fourth-order valence-corrected chi connectivity index (χ4v) is 1.67. The Kier molecular flexibility index (Phi) is 2.51. The third kappa shape index (κ3) is 1.97. The van der Waals surface area contributed by atoms with E-state index >= 15 is 0 Å². The molecule has 0 radical (unpaired) electrons. The molecule has 0 aromatic rings. The van der Waals surface area contributed by atoms with E-state index in [0.29, 0.717) is 5.92 Å². The molecule has 1 aliphatic heterocycles. The Labute approximate surface area is 63.1 Å². The lowest BCUT2D eigenvalue weighted by Gasteiger charge is -2.00. The predicted molar refractivity (Wildman–Crippen MR) is 39.5 cm³/mol. The zero-order chi connectivity index (χ0) is 6.69. The van der Waals surface area contributed by atoms with Crippen LogP contribution in [0.25, 0.3) is 0 Å². The van der Waals surface area contributed by atoms with Crippen LogP contribution in [0.3, 0.4) is 0 Å². The van der Waals surface area contributed by atoms with Crippen molar-refractivity contribution in [2.45, 2.75) is 12.8 Å².